The molecule has 0 saturated carbocycles. The first-order valence-electron chi connectivity index (χ1n) is 11.1. The van der Waals surface area contributed by atoms with Gasteiger partial charge in [-0.15, -0.1) is 0 Å². The number of benzene rings is 3. The van der Waals surface area contributed by atoms with Crippen LogP contribution in [-0.2, 0) is 9.53 Å². The van der Waals surface area contributed by atoms with E-state index in [4.69, 9.17) is 4.74 Å². The van der Waals surface area contributed by atoms with Crippen molar-refractivity contribution in [3.8, 4) is 0 Å². The van der Waals surface area contributed by atoms with Crippen LogP contribution in [0.4, 0.5) is 17.1 Å². The van der Waals surface area contributed by atoms with Gasteiger partial charge >= 0.3 is 5.97 Å². The van der Waals surface area contributed by atoms with Crippen molar-refractivity contribution in [3.05, 3.63) is 89.5 Å². The highest BCUT2D eigenvalue weighted by atomic mass is 16.5. The van der Waals surface area contributed by atoms with Crippen molar-refractivity contribution in [2.45, 2.75) is 19.9 Å². The van der Waals surface area contributed by atoms with Crippen LogP contribution < -0.4 is 10.2 Å². The minimum atomic E-state index is -0.748. The van der Waals surface area contributed by atoms with Crippen molar-refractivity contribution < 1.29 is 23.9 Å². The number of rotatable bonds is 7. The molecule has 0 spiro atoms. The quantitative estimate of drug-likeness (QED) is 0.409. The Hall–Kier alpha value is -4.46. The maximum absolute atomic E-state index is 12.9. The van der Waals surface area contributed by atoms with E-state index < -0.39 is 24.4 Å². The first-order chi connectivity index (χ1) is 16.8. The zero-order valence-corrected chi connectivity index (χ0v) is 19.6. The molecule has 0 fully saturated rings. The topological polar surface area (TPSA) is 96.0 Å². The van der Waals surface area contributed by atoms with Crippen LogP contribution in [0.1, 0.15) is 44.9 Å². The Balaban J connectivity index is 1.42. The van der Waals surface area contributed by atoms with Gasteiger partial charge in [-0.3, -0.25) is 19.3 Å². The van der Waals surface area contributed by atoms with Crippen molar-refractivity contribution in [2.75, 3.05) is 23.9 Å². The maximum atomic E-state index is 12.9. The number of imide groups is 1. The van der Waals surface area contributed by atoms with Gasteiger partial charge in [0.2, 0.25) is 0 Å². The summed E-state index contributed by atoms with van der Waals surface area (Å²) in [4.78, 5) is 52.3. The third-order valence-corrected chi connectivity index (χ3v) is 5.65. The van der Waals surface area contributed by atoms with Crippen LogP contribution in [0, 0.1) is 0 Å². The fourth-order valence-corrected chi connectivity index (χ4v) is 3.89. The molecule has 1 aliphatic rings. The number of anilines is 3. The Labute approximate surface area is 203 Å². The highest BCUT2D eigenvalue weighted by Gasteiger charge is 2.33. The lowest BCUT2D eigenvalue weighted by atomic mass is 10.1. The molecule has 8 heteroatoms. The van der Waals surface area contributed by atoms with E-state index in [-0.39, 0.29) is 28.6 Å². The molecule has 3 aromatic rings. The van der Waals surface area contributed by atoms with Crippen molar-refractivity contribution >= 4 is 40.8 Å². The fourth-order valence-electron chi connectivity index (χ4n) is 3.89. The van der Waals surface area contributed by atoms with E-state index in [0.717, 1.165) is 16.3 Å². The Morgan fingerprint density at radius 1 is 0.886 bits per heavy atom. The summed E-state index contributed by atoms with van der Waals surface area (Å²) in [6.45, 7) is 3.27. The van der Waals surface area contributed by atoms with Crippen molar-refractivity contribution in [2.24, 2.45) is 0 Å². The molecular formula is C27H25N3O5. The lowest BCUT2D eigenvalue weighted by Crippen LogP contribution is -2.39. The number of nitrogens with zero attached hydrogens (tertiary/aromatic N) is 2. The summed E-state index contributed by atoms with van der Waals surface area (Å²) in [5.74, 6) is -2.03. The standard InChI is InChI=1S/C27H25N3O5/c1-17(2)30(21-12-10-20(11-13-21)28-19-7-5-4-6-8-19)24(31)16-35-27(34)18-9-14-22-23(15-18)26(33)29(3)25(22)32/h4-15,17,28H,16H2,1-3H3. The molecule has 8 nitrogen and oxygen atoms in total. The third kappa shape index (κ3) is 4.91. The number of ether oxygens (including phenoxy) is 1. The Bertz CT molecular complexity index is 1290. The van der Waals surface area contributed by atoms with Gasteiger partial charge in [0.25, 0.3) is 17.7 Å². The van der Waals surface area contributed by atoms with Gasteiger partial charge < -0.3 is 15.0 Å². The molecule has 178 valence electrons. The number of nitrogens with one attached hydrogen (secondary N) is 1. The maximum Gasteiger partial charge on any atom is 0.338 e. The summed E-state index contributed by atoms with van der Waals surface area (Å²) in [5, 5.41) is 3.29. The second-order valence-corrected chi connectivity index (χ2v) is 8.40. The van der Waals surface area contributed by atoms with Crippen molar-refractivity contribution in [1.82, 2.24) is 4.90 Å². The summed E-state index contributed by atoms with van der Waals surface area (Å²) in [7, 11) is 1.38. The zero-order chi connectivity index (χ0) is 25.1. The number of hydrogen-bond acceptors (Lipinski definition) is 6. The van der Waals surface area contributed by atoms with Gasteiger partial charge in [-0.05, 0) is 68.4 Å². The lowest BCUT2D eigenvalue weighted by Gasteiger charge is -2.27. The highest BCUT2D eigenvalue weighted by Crippen LogP contribution is 2.24. The van der Waals surface area contributed by atoms with Crippen LogP contribution in [0.3, 0.4) is 0 Å². The minimum Gasteiger partial charge on any atom is -0.452 e. The van der Waals surface area contributed by atoms with E-state index in [1.165, 1.54) is 25.2 Å². The molecule has 0 atom stereocenters. The van der Waals surface area contributed by atoms with Gasteiger partial charge in [0.05, 0.1) is 16.7 Å². The van der Waals surface area contributed by atoms with Gasteiger partial charge in [-0.2, -0.15) is 0 Å². The SMILES string of the molecule is CC(C)N(C(=O)COC(=O)c1ccc2c(c1)C(=O)N(C)C2=O)c1ccc(Nc2ccccc2)cc1. The molecule has 0 aromatic heterocycles. The fraction of sp³-hybridized carbons (Fsp3) is 0.185. The molecule has 0 aliphatic carbocycles. The van der Waals surface area contributed by atoms with Gasteiger partial charge in [-0.1, -0.05) is 18.2 Å². The van der Waals surface area contributed by atoms with Crippen LogP contribution in [0.25, 0.3) is 0 Å². The van der Waals surface area contributed by atoms with Crippen LogP contribution in [0.15, 0.2) is 72.8 Å². The number of hydrogen-bond donors (Lipinski definition) is 1. The van der Waals surface area contributed by atoms with E-state index in [2.05, 4.69) is 5.32 Å². The molecular weight excluding hydrogens is 446 g/mol. The predicted molar refractivity (Wildman–Crippen MR) is 132 cm³/mol. The van der Waals surface area contributed by atoms with Crippen LogP contribution in [0.2, 0.25) is 0 Å². The predicted octanol–water partition coefficient (Wildman–Crippen LogP) is 4.25. The molecule has 0 saturated heterocycles. The third-order valence-electron chi connectivity index (χ3n) is 5.65. The molecule has 1 N–H and O–H groups in total. The number of esters is 1. The van der Waals surface area contributed by atoms with Crippen molar-refractivity contribution in [1.29, 1.82) is 0 Å². The molecule has 0 unspecified atom stereocenters. The average Bonchev–Trinajstić information content (AvgIpc) is 3.07. The number of amides is 3. The first kappa shape index (κ1) is 23.7. The van der Waals surface area contributed by atoms with E-state index in [9.17, 15) is 19.2 Å². The second kappa shape index (κ2) is 9.80. The number of carbonyl (C=O) groups excluding carboxylic acids is 4. The van der Waals surface area contributed by atoms with E-state index >= 15 is 0 Å². The zero-order valence-electron chi connectivity index (χ0n) is 19.6. The second-order valence-electron chi connectivity index (χ2n) is 8.40. The molecule has 35 heavy (non-hydrogen) atoms. The van der Waals surface area contributed by atoms with Gasteiger partial charge in [0.1, 0.15) is 0 Å². The average molecular weight is 472 g/mol. The van der Waals surface area contributed by atoms with E-state index in [1.807, 2.05) is 68.4 Å². The van der Waals surface area contributed by atoms with Crippen LogP contribution in [0.5, 0.6) is 0 Å². The first-order valence-corrected chi connectivity index (χ1v) is 11.1. The van der Waals surface area contributed by atoms with E-state index in [0.29, 0.717) is 5.69 Å². The molecule has 3 amide bonds. The lowest BCUT2D eigenvalue weighted by molar-refractivity contribution is -0.122. The Morgan fingerprint density at radius 2 is 1.51 bits per heavy atom. The molecule has 3 aromatic carbocycles. The summed E-state index contributed by atoms with van der Waals surface area (Å²) in [6, 6.07) is 21.1. The number of para-hydroxylation sites is 1. The largest absolute Gasteiger partial charge is 0.452 e. The van der Waals surface area contributed by atoms with E-state index in [1.54, 1.807) is 4.90 Å². The normalized spacial score (nSPS) is 12.5. The van der Waals surface area contributed by atoms with Crippen LogP contribution >= 0.6 is 0 Å². The summed E-state index contributed by atoms with van der Waals surface area (Å²) in [6.07, 6.45) is 0. The summed E-state index contributed by atoms with van der Waals surface area (Å²) < 4.78 is 5.24. The van der Waals surface area contributed by atoms with Gasteiger partial charge in [0.15, 0.2) is 6.61 Å². The van der Waals surface area contributed by atoms with Crippen LogP contribution in [-0.4, -0.2) is 48.3 Å². The van der Waals surface area contributed by atoms with Gasteiger partial charge in [0, 0.05) is 30.2 Å². The molecule has 0 radical (unpaired) electrons. The monoisotopic (exact) mass is 471 g/mol. The molecule has 1 aliphatic heterocycles. The molecule has 0 bridgehead atoms. The number of fused-ring (bicyclic) bond motifs is 1. The van der Waals surface area contributed by atoms with Crippen molar-refractivity contribution in [3.63, 3.8) is 0 Å². The Morgan fingerprint density at radius 3 is 2.17 bits per heavy atom. The number of carbonyl (C=O) groups is 4. The smallest absolute Gasteiger partial charge is 0.338 e. The van der Waals surface area contributed by atoms with Gasteiger partial charge in [-0.25, -0.2) is 4.79 Å². The Kier molecular flexibility index (Phi) is 6.64. The summed E-state index contributed by atoms with van der Waals surface area (Å²) >= 11 is 0. The molecule has 4 rings (SSSR count). The summed E-state index contributed by atoms with van der Waals surface area (Å²) in [5.41, 5.74) is 2.98. The minimum absolute atomic E-state index is 0.0976. The highest BCUT2D eigenvalue weighted by molar-refractivity contribution is 6.21. The molecule has 1 heterocycles.